The number of nitrogens with one attached hydrogen (secondary N) is 1. The number of nitrogens with zero attached hydrogens (tertiary/aromatic N) is 4. The van der Waals surface area contributed by atoms with Crippen molar-refractivity contribution < 1.29 is 162 Å². The van der Waals surface area contributed by atoms with Crippen molar-refractivity contribution in [1.29, 1.82) is 0 Å². The molecular weight excluding hydrogens is 1610 g/mol. The minimum Gasteiger partial charge on any atom is -0.480 e. The summed E-state index contributed by atoms with van der Waals surface area (Å²) in [5, 5.41) is 21.5. The molecule has 3 atom stereocenters. The number of carbonyl (C=O) groups excluding carboxylic acids is 2. The van der Waals surface area contributed by atoms with E-state index in [9.17, 15) is 29.4 Å². The molecule has 1 heterocycles. The van der Waals surface area contributed by atoms with Crippen LogP contribution in [-0.4, -0.2) is 503 Å². The van der Waals surface area contributed by atoms with Gasteiger partial charge in [-0.15, -0.1) is 0 Å². The van der Waals surface area contributed by atoms with Gasteiger partial charge in [-0.25, -0.2) is 4.79 Å². The second-order valence-electron chi connectivity index (χ2n) is 28.2. The number of amides is 1. The molecule has 1 saturated heterocycles. The Morgan fingerprint density at radius 3 is 0.697 bits per heavy atom. The number of carbonyl (C=O) groups is 4. The quantitative estimate of drug-likeness (QED) is 0.0574. The maximum absolute atomic E-state index is 12.9. The molecule has 2 fully saturated rings. The Hall–Kier alpha value is -3.62. The zero-order valence-corrected chi connectivity index (χ0v) is 73.8. The number of likely N-dealkylation sites (N-methyl/N-ethyl adjacent to an activating group) is 1. The van der Waals surface area contributed by atoms with Gasteiger partial charge in [-0.2, -0.15) is 0 Å². The normalized spacial score (nSPS) is 16.8. The van der Waals surface area contributed by atoms with Gasteiger partial charge in [0.25, 0.3) is 0 Å². The van der Waals surface area contributed by atoms with Crippen molar-refractivity contribution in [2.45, 2.75) is 38.5 Å². The minimum atomic E-state index is -0.942. The number of hydrogen-bond donors (Lipinski definition) is 3. The Morgan fingerprint density at radius 1 is 0.279 bits per heavy atom. The predicted molar refractivity (Wildman–Crippen MR) is 446 cm³/mol. The lowest BCUT2D eigenvalue weighted by molar-refractivity contribution is -0.140. The van der Waals surface area contributed by atoms with Gasteiger partial charge in [0.2, 0.25) is 0 Å². The average molecular weight is 1770 g/mol. The summed E-state index contributed by atoms with van der Waals surface area (Å²) >= 11 is 0. The second kappa shape index (κ2) is 89.4. The van der Waals surface area contributed by atoms with E-state index in [2.05, 4.69) is 27.3 Å². The van der Waals surface area contributed by atoms with Crippen molar-refractivity contribution in [2.75, 3.05) is 449 Å². The lowest BCUT2D eigenvalue weighted by Crippen LogP contribution is -2.47. The number of carboxylic acid groups (broad SMARTS) is 2. The summed E-state index contributed by atoms with van der Waals surface area (Å²) in [5.74, 6) is 0.196. The van der Waals surface area contributed by atoms with E-state index in [0.717, 1.165) is 12.8 Å². The molecule has 39 nitrogen and oxygen atoms in total. The first-order valence-electron chi connectivity index (χ1n) is 44.2. The van der Waals surface area contributed by atoms with Crippen LogP contribution in [0.3, 0.4) is 0 Å². The van der Waals surface area contributed by atoms with Crippen molar-refractivity contribution in [3.63, 3.8) is 0 Å². The van der Waals surface area contributed by atoms with E-state index in [4.69, 9.17) is 133 Å². The topological polar surface area (TPSA) is 392 Å². The van der Waals surface area contributed by atoms with Gasteiger partial charge in [-0.3, -0.25) is 29.1 Å². The zero-order chi connectivity index (χ0) is 86.9. The van der Waals surface area contributed by atoms with Crippen molar-refractivity contribution >= 4 is 23.8 Å². The number of carboxylic acids is 2. The van der Waals surface area contributed by atoms with Gasteiger partial charge < -0.3 is 153 Å². The fraction of sp³-hybridized carbons (Fsp3) is 0.928. The highest BCUT2D eigenvalue weighted by molar-refractivity contribution is 5.80. The molecule has 1 saturated carbocycles. The van der Waals surface area contributed by atoms with Gasteiger partial charge in [-0.1, -0.05) is 12.2 Å². The molecule has 2 aliphatic carbocycles. The number of fused-ring (bicyclic) bond motifs is 1. The number of alkyl carbamates (subject to hydrolysis) is 1. The molecule has 0 aromatic rings. The van der Waals surface area contributed by atoms with Crippen LogP contribution >= 0.6 is 0 Å². The summed E-state index contributed by atoms with van der Waals surface area (Å²) in [4.78, 5) is 55.6. The summed E-state index contributed by atoms with van der Waals surface area (Å²) in [6.07, 6.45) is 9.82. The van der Waals surface area contributed by atoms with Crippen LogP contribution in [0.4, 0.5) is 4.79 Å². The van der Waals surface area contributed by atoms with Crippen LogP contribution in [0, 0.1) is 17.8 Å². The fourth-order valence-electron chi connectivity index (χ4n) is 11.9. The second-order valence-corrected chi connectivity index (χ2v) is 28.2. The zero-order valence-electron chi connectivity index (χ0n) is 73.8. The molecule has 122 heavy (non-hydrogen) atoms. The molecule has 3 rings (SSSR count). The van der Waals surface area contributed by atoms with E-state index in [1.165, 1.54) is 12.8 Å². The van der Waals surface area contributed by atoms with E-state index in [1.807, 2.05) is 11.9 Å². The summed E-state index contributed by atoms with van der Waals surface area (Å²) in [6, 6.07) is 0. The van der Waals surface area contributed by atoms with Gasteiger partial charge in [0.1, 0.15) is 5.78 Å². The molecule has 718 valence electrons. The van der Waals surface area contributed by atoms with Crippen molar-refractivity contribution in [2.24, 2.45) is 17.8 Å². The molecule has 0 aromatic carbocycles. The Kier molecular flexibility index (Phi) is 82.4. The van der Waals surface area contributed by atoms with Gasteiger partial charge >= 0.3 is 18.0 Å². The molecule has 0 radical (unpaired) electrons. The summed E-state index contributed by atoms with van der Waals surface area (Å²) < 4.78 is 155. The first kappa shape index (κ1) is 113. The van der Waals surface area contributed by atoms with Crippen molar-refractivity contribution in [1.82, 2.24) is 24.9 Å². The van der Waals surface area contributed by atoms with Gasteiger partial charge in [-0.05, 0) is 56.9 Å². The van der Waals surface area contributed by atoms with Crippen LogP contribution in [0.5, 0.6) is 0 Å². The molecule has 39 heteroatoms. The third kappa shape index (κ3) is 78.6. The van der Waals surface area contributed by atoms with Gasteiger partial charge in [0.15, 0.2) is 0 Å². The van der Waals surface area contributed by atoms with E-state index < -0.39 is 11.9 Å². The van der Waals surface area contributed by atoms with Crippen LogP contribution < -0.4 is 5.32 Å². The van der Waals surface area contributed by atoms with E-state index in [-0.39, 0.29) is 31.5 Å². The molecule has 0 aromatic heterocycles. The highest BCUT2D eigenvalue weighted by Crippen LogP contribution is 2.52. The fourth-order valence-corrected chi connectivity index (χ4v) is 11.9. The Bertz CT molecular complexity index is 2300. The van der Waals surface area contributed by atoms with E-state index >= 15 is 0 Å². The summed E-state index contributed by atoms with van der Waals surface area (Å²) in [7, 11) is 1.98. The van der Waals surface area contributed by atoms with Gasteiger partial charge in [0, 0.05) is 71.9 Å². The molecule has 1 amide bonds. The molecule has 0 spiro atoms. The third-order valence-electron chi connectivity index (χ3n) is 18.5. The minimum absolute atomic E-state index is 0.0932. The smallest absolute Gasteiger partial charge is 0.407 e. The number of Topliss-reactive ketones (excluding diaryl/α,β-unsaturated/α-hetero) is 1. The molecular formula is C83H157N5O34. The number of hydrogen-bond acceptors (Lipinski definition) is 36. The third-order valence-corrected chi connectivity index (χ3v) is 18.5. The molecule has 0 bridgehead atoms. The first-order valence-corrected chi connectivity index (χ1v) is 44.2. The Labute approximate surface area is 725 Å². The summed E-state index contributed by atoms with van der Waals surface area (Å²) in [6.45, 7) is 30.4. The monoisotopic (exact) mass is 1770 g/mol. The van der Waals surface area contributed by atoms with Crippen LogP contribution in [0.2, 0.25) is 0 Å². The maximum atomic E-state index is 12.9. The number of aliphatic carboxylic acids is 2. The van der Waals surface area contributed by atoms with Crippen molar-refractivity contribution in [3.05, 3.63) is 12.2 Å². The van der Waals surface area contributed by atoms with E-state index in [1.54, 1.807) is 4.90 Å². The Balaban J connectivity index is 0.852. The predicted octanol–water partition coefficient (Wildman–Crippen LogP) is 1.52. The first-order chi connectivity index (χ1) is 60.2. The molecule has 1 aliphatic heterocycles. The molecule has 3 aliphatic rings. The SMILES string of the molecule is CN1CCN(CC(=O)O)CCN(CC(=O)O)CCN(CC(=O)CCCOCCOCCOCCOCCOCCOCCOCCOCCOCCOCCOCCOCCOCCOCCOCCOCCOCCOCCOCCOCCOCCOCCOCCOCCOCCOCCOCCNC(=O)OCC2[C@H]3CC/C=C/CC[C@@H]23)CC1. The summed E-state index contributed by atoms with van der Waals surface area (Å²) in [5.41, 5.74) is 0. The van der Waals surface area contributed by atoms with Crippen molar-refractivity contribution in [3.8, 4) is 0 Å². The Morgan fingerprint density at radius 2 is 0.475 bits per heavy atom. The highest BCUT2D eigenvalue weighted by atomic mass is 16.6. The number of allylic oxidation sites excluding steroid dienone is 2. The van der Waals surface area contributed by atoms with Gasteiger partial charge in [0.05, 0.1) is 376 Å². The standard InChI is InChI=1S/C83H157N5O34/c1-85-11-13-86(15-16-88(75-82(92)93)18-17-87(14-12-85)74-81(90)91)73-77(89)7-6-19-95-21-23-97-25-27-99-29-31-101-33-35-103-37-39-105-41-43-107-45-47-109-49-51-111-53-55-113-57-59-115-61-63-117-65-67-119-69-71-121-72-70-120-68-66-118-64-62-116-60-58-114-56-54-112-52-50-110-48-46-108-44-42-106-40-38-104-36-34-102-32-30-100-28-26-98-24-22-96-20-10-84-83(94)122-76-80-78-8-4-2-3-5-9-79(78)80/h2-3,78-80H,4-76H2,1H3,(H,84,94)(H,90,91)(H,92,93)/b3-2+/t78-,79+,80?. The maximum Gasteiger partial charge on any atom is 0.407 e. The molecule has 1 unspecified atom stereocenters. The van der Waals surface area contributed by atoms with E-state index in [0.29, 0.717) is 453 Å². The van der Waals surface area contributed by atoms with Crippen LogP contribution in [0.15, 0.2) is 12.2 Å². The van der Waals surface area contributed by atoms with Crippen LogP contribution in [0.1, 0.15) is 38.5 Å². The largest absolute Gasteiger partial charge is 0.480 e. The lowest BCUT2D eigenvalue weighted by atomic mass is 10.1. The van der Waals surface area contributed by atoms with Crippen LogP contribution in [0.25, 0.3) is 0 Å². The molecule has 3 N–H and O–H groups in total. The number of rotatable bonds is 93. The number of ether oxygens (including phenoxy) is 28. The van der Waals surface area contributed by atoms with Crippen LogP contribution in [-0.2, 0) is 147 Å². The lowest BCUT2D eigenvalue weighted by Gasteiger charge is -2.32. The highest BCUT2D eigenvalue weighted by Gasteiger charge is 2.49. The average Bonchev–Trinajstić information content (AvgIpc) is 1.63. The number of ketones is 1.